The van der Waals surface area contributed by atoms with Crippen LogP contribution in [0.4, 0.5) is 11.5 Å². The Morgan fingerprint density at radius 2 is 1.88 bits per heavy atom. The number of aliphatic imine (C=N–C) groups is 1. The minimum atomic E-state index is 0. The van der Waals surface area contributed by atoms with Gasteiger partial charge in [-0.2, -0.15) is 0 Å². The molecule has 176 valence electrons. The van der Waals surface area contributed by atoms with Gasteiger partial charge in [0, 0.05) is 57.7 Å². The fourth-order valence-electron chi connectivity index (χ4n) is 3.53. The van der Waals surface area contributed by atoms with Crippen molar-refractivity contribution in [3.8, 4) is 11.5 Å². The van der Waals surface area contributed by atoms with Gasteiger partial charge in [-0.05, 0) is 37.2 Å². The quantitative estimate of drug-likeness (QED) is 0.294. The summed E-state index contributed by atoms with van der Waals surface area (Å²) in [5.74, 6) is 3.12. The number of halogens is 1. The molecule has 0 aliphatic carbocycles. The monoisotopic (exact) mass is 554 g/mol. The minimum Gasteiger partial charge on any atom is -0.493 e. The molecule has 3 rings (SSSR count). The first-order valence-electron chi connectivity index (χ1n) is 10.9. The first-order valence-corrected chi connectivity index (χ1v) is 10.9. The van der Waals surface area contributed by atoms with Crippen LogP contribution >= 0.6 is 24.0 Å². The van der Waals surface area contributed by atoms with E-state index in [1.165, 1.54) is 0 Å². The molecule has 1 fully saturated rings. The van der Waals surface area contributed by atoms with Crippen LogP contribution in [0.5, 0.6) is 11.5 Å². The first kappa shape index (κ1) is 26.0. The number of rotatable bonds is 8. The van der Waals surface area contributed by atoms with Gasteiger partial charge in [-0.25, -0.2) is 4.98 Å². The summed E-state index contributed by atoms with van der Waals surface area (Å²) in [6.07, 6.45) is 1.93. The van der Waals surface area contributed by atoms with Gasteiger partial charge in [-0.1, -0.05) is 13.0 Å². The lowest BCUT2D eigenvalue weighted by Gasteiger charge is -2.34. The Morgan fingerprint density at radius 1 is 1.09 bits per heavy atom. The molecule has 2 heterocycles. The molecule has 1 aliphatic heterocycles. The number of aromatic nitrogens is 1. The molecule has 0 atom stereocenters. The van der Waals surface area contributed by atoms with Gasteiger partial charge < -0.3 is 29.9 Å². The zero-order valence-corrected chi connectivity index (χ0v) is 21.8. The van der Waals surface area contributed by atoms with E-state index in [9.17, 15) is 0 Å². The molecular formula is C23H35IN6O2. The highest BCUT2D eigenvalue weighted by Crippen LogP contribution is 2.30. The third-order valence-corrected chi connectivity index (χ3v) is 5.36. The maximum Gasteiger partial charge on any atom is 0.195 e. The SMILES string of the molecule is CCOc1cc(NC(=NC)NCc2ccc(N3CCN(CC)CC3)nc2)ccc1OC.I. The molecule has 2 aromatic rings. The summed E-state index contributed by atoms with van der Waals surface area (Å²) in [6.45, 7) is 10.7. The Bertz CT molecular complexity index is 854. The Kier molecular flexibility index (Phi) is 10.8. The second-order valence-electron chi connectivity index (χ2n) is 7.30. The molecule has 2 N–H and O–H groups in total. The van der Waals surface area contributed by atoms with E-state index in [-0.39, 0.29) is 24.0 Å². The third kappa shape index (κ3) is 7.13. The molecule has 1 aliphatic rings. The van der Waals surface area contributed by atoms with Gasteiger partial charge in [-0.3, -0.25) is 4.99 Å². The van der Waals surface area contributed by atoms with Crippen molar-refractivity contribution in [1.82, 2.24) is 15.2 Å². The second kappa shape index (κ2) is 13.3. The van der Waals surface area contributed by atoms with Crippen LogP contribution in [-0.4, -0.2) is 69.3 Å². The van der Waals surface area contributed by atoms with Crippen molar-refractivity contribution in [3.05, 3.63) is 42.1 Å². The maximum atomic E-state index is 5.65. The van der Waals surface area contributed by atoms with Crippen molar-refractivity contribution < 1.29 is 9.47 Å². The number of nitrogens with one attached hydrogen (secondary N) is 2. The highest BCUT2D eigenvalue weighted by atomic mass is 127. The molecule has 0 bridgehead atoms. The van der Waals surface area contributed by atoms with E-state index in [4.69, 9.17) is 9.47 Å². The number of hydrogen-bond acceptors (Lipinski definition) is 6. The molecule has 32 heavy (non-hydrogen) atoms. The van der Waals surface area contributed by atoms with E-state index in [1.807, 2.05) is 31.3 Å². The molecular weight excluding hydrogens is 519 g/mol. The van der Waals surface area contributed by atoms with Crippen molar-refractivity contribution in [1.29, 1.82) is 0 Å². The summed E-state index contributed by atoms with van der Waals surface area (Å²) in [5.41, 5.74) is 1.97. The van der Waals surface area contributed by atoms with Crippen LogP contribution < -0.4 is 25.0 Å². The fraction of sp³-hybridized carbons (Fsp3) is 0.478. The number of nitrogens with zero attached hydrogens (tertiary/aromatic N) is 4. The molecule has 0 amide bonds. The smallest absolute Gasteiger partial charge is 0.195 e. The number of guanidine groups is 1. The van der Waals surface area contributed by atoms with E-state index >= 15 is 0 Å². The predicted octanol–water partition coefficient (Wildman–Crippen LogP) is 3.44. The lowest BCUT2D eigenvalue weighted by Crippen LogP contribution is -2.46. The Hall–Kier alpha value is -2.27. The van der Waals surface area contributed by atoms with Crippen LogP contribution in [0.1, 0.15) is 19.4 Å². The molecule has 1 aromatic heterocycles. The highest BCUT2D eigenvalue weighted by molar-refractivity contribution is 14.0. The average Bonchev–Trinajstić information content (AvgIpc) is 2.82. The number of ether oxygens (including phenoxy) is 2. The molecule has 0 saturated carbocycles. The van der Waals surface area contributed by atoms with Crippen LogP contribution in [0.25, 0.3) is 0 Å². The Labute approximate surface area is 208 Å². The van der Waals surface area contributed by atoms with Crippen molar-refractivity contribution in [2.75, 3.05) is 63.7 Å². The van der Waals surface area contributed by atoms with Crippen LogP contribution in [0, 0.1) is 0 Å². The van der Waals surface area contributed by atoms with E-state index < -0.39 is 0 Å². The van der Waals surface area contributed by atoms with E-state index in [1.54, 1.807) is 14.2 Å². The van der Waals surface area contributed by atoms with Gasteiger partial charge >= 0.3 is 0 Å². The lowest BCUT2D eigenvalue weighted by molar-refractivity contribution is 0.270. The number of benzene rings is 1. The summed E-state index contributed by atoms with van der Waals surface area (Å²) >= 11 is 0. The maximum absolute atomic E-state index is 5.65. The van der Waals surface area contributed by atoms with Crippen LogP contribution in [-0.2, 0) is 6.54 Å². The molecule has 1 aromatic carbocycles. The van der Waals surface area contributed by atoms with E-state index in [0.717, 1.165) is 49.8 Å². The van der Waals surface area contributed by atoms with E-state index in [2.05, 4.69) is 49.5 Å². The van der Waals surface area contributed by atoms with Crippen molar-refractivity contribution in [2.24, 2.45) is 4.99 Å². The topological polar surface area (TPSA) is 74.3 Å². The van der Waals surface area contributed by atoms with Gasteiger partial charge in [0.1, 0.15) is 5.82 Å². The largest absolute Gasteiger partial charge is 0.493 e. The number of methoxy groups -OCH3 is 1. The molecule has 1 saturated heterocycles. The van der Waals surface area contributed by atoms with Gasteiger partial charge in [-0.15, -0.1) is 24.0 Å². The average molecular weight is 554 g/mol. The number of piperazine rings is 1. The summed E-state index contributed by atoms with van der Waals surface area (Å²) in [4.78, 5) is 13.8. The standard InChI is InChI=1S/C23H34N6O2.HI/c1-5-28-11-13-29(14-12-28)22-10-7-18(16-25-22)17-26-23(24-3)27-19-8-9-20(30-4)21(15-19)31-6-2;/h7-10,15-16H,5-6,11-14,17H2,1-4H3,(H2,24,26,27);1H. The minimum absolute atomic E-state index is 0. The molecule has 9 heteroatoms. The van der Waals surface area contributed by atoms with Crippen LogP contribution in [0.2, 0.25) is 0 Å². The van der Waals surface area contributed by atoms with Gasteiger partial charge in [0.25, 0.3) is 0 Å². The van der Waals surface area contributed by atoms with Gasteiger partial charge in [0.2, 0.25) is 0 Å². The third-order valence-electron chi connectivity index (χ3n) is 5.36. The second-order valence-corrected chi connectivity index (χ2v) is 7.30. The summed E-state index contributed by atoms with van der Waals surface area (Å²) in [6, 6.07) is 9.94. The van der Waals surface area contributed by atoms with Gasteiger partial charge in [0.05, 0.1) is 13.7 Å². The lowest BCUT2D eigenvalue weighted by atomic mass is 10.2. The van der Waals surface area contributed by atoms with Crippen molar-refractivity contribution in [2.45, 2.75) is 20.4 Å². The zero-order chi connectivity index (χ0) is 22.1. The summed E-state index contributed by atoms with van der Waals surface area (Å²) in [5, 5.41) is 6.63. The Balaban J connectivity index is 0.00000363. The predicted molar refractivity (Wildman–Crippen MR) is 142 cm³/mol. The summed E-state index contributed by atoms with van der Waals surface area (Å²) in [7, 11) is 3.38. The van der Waals surface area contributed by atoms with Gasteiger partial charge in [0.15, 0.2) is 17.5 Å². The van der Waals surface area contributed by atoms with Crippen molar-refractivity contribution >= 4 is 41.4 Å². The summed E-state index contributed by atoms with van der Waals surface area (Å²) < 4.78 is 11.0. The number of likely N-dealkylation sites (N-methyl/N-ethyl adjacent to an activating group) is 1. The number of pyridine rings is 1. The Morgan fingerprint density at radius 3 is 2.47 bits per heavy atom. The highest BCUT2D eigenvalue weighted by Gasteiger charge is 2.16. The number of hydrogen-bond donors (Lipinski definition) is 2. The molecule has 8 nitrogen and oxygen atoms in total. The normalized spacial score (nSPS) is 14.5. The van der Waals surface area contributed by atoms with Crippen LogP contribution in [0.15, 0.2) is 41.5 Å². The number of anilines is 2. The molecule has 0 spiro atoms. The van der Waals surface area contributed by atoms with E-state index in [0.29, 0.717) is 30.6 Å². The molecule has 0 unspecified atom stereocenters. The first-order chi connectivity index (χ1) is 15.2. The zero-order valence-electron chi connectivity index (χ0n) is 19.4. The van der Waals surface area contributed by atoms with Crippen LogP contribution in [0.3, 0.4) is 0 Å². The molecule has 0 radical (unpaired) electrons. The van der Waals surface area contributed by atoms with Crippen molar-refractivity contribution in [3.63, 3.8) is 0 Å². The fourth-order valence-corrected chi connectivity index (χ4v) is 3.53.